The SMILES string of the molecule is CS(=O)(=O)NCCCNS(=O)(=O)c1c[nH]ccc1=O. The van der Waals surface area contributed by atoms with E-state index in [0.717, 1.165) is 18.5 Å². The number of rotatable bonds is 7. The van der Waals surface area contributed by atoms with Crippen molar-refractivity contribution in [2.24, 2.45) is 0 Å². The van der Waals surface area contributed by atoms with Gasteiger partial charge in [0.05, 0.1) is 6.26 Å². The molecule has 0 bridgehead atoms. The average molecular weight is 309 g/mol. The predicted molar refractivity (Wildman–Crippen MR) is 69.7 cm³/mol. The lowest BCUT2D eigenvalue weighted by molar-refractivity contribution is 0.574. The summed E-state index contributed by atoms with van der Waals surface area (Å²) in [6, 6.07) is 1.11. The maximum absolute atomic E-state index is 11.7. The Labute approximate surface area is 111 Å². The minimum absolute atomic E-state index is 0.0270. The first-order chi connectivity index (χ1) is 8.72. The summed E-state index contributed by atoms with van der Waals surface area (Å²) in [5, 5.41) is 0. The lowest BCUT2D eigenvalue weighted by Gasteiger charge is -2.06. The van der Waals surface area contributed by atoms with E-state index in [1.165, 1.54) is 6.20 Å². The topological polar surface area (TPSA) is 125 Å². The second kappa shape index (κ2) is 6.28. The Bertz CT molecular complexity index is 678. The Morgan fingerprint density at radius 1 is 1.16 bits per heavy atom. The standard InChI is InChI=1S/C9H15N3O5S2/c1-18(14,15)11-4-2-5-12-19(16,17)9-7-10-6-3-8(9)13/h3,6-7,11-12H,2,4-5H2,1H3,(H,10,13). The predicted octanol–water partition coefficient (Wildman–Crippen LogP) is -1.41. The van der Waals surface area contributed by atoms with E-state index in [0.29, 0.717) is 0 Å². The second-order valence-electron chi connectivity index (χ2n) is 3.79. The van der Waals surface area contributed by atoms with Gasteiger partial charge in [0.15, 0.2) is 0 Å². The summed E-state index contributed by atoms with van der Waals surface area (Å²) in [6.45, 7) is 0.145. The molecule has 0 aromatic carbocycles. The molecule has 0 radical (unpaired) electrons. The van der Waals surface area contributed by atoms with Crippen LogP contribution in [0.15, 0.2) is 28.2 Å². The van der Waals surface area contributed by atoms with E-state index in [-0.39, 0.29) is 24.4 Å². The molecular formula is C9H15N3O5S2. The second-order valence-corrected chi connectivity index (χ2v) is 7.36. The molecule has 3 N–H and O–H groups in total. The molecular weight excluding hydrogens is 294 g/mol. The molecule has 0 aliphatic carbocycles. The summed E-state index contributed by atoms with van der Waals surface area (Å²) >= 11 is 0. The first-order valence-electron chi connectivity index (χ1n) is 5.34. The van der Waals surface area contributed by atoms with E-state index in [1.807, 2.05) is 0 Å². The quantitative estimate of drug-likeness (QED) is 0.534. The van der Waals surface area contributed by atoms with Crippen LogP contribution < -0.4 is 14.9 Å². The van der Waals surface area contributed by atoms with Gasteiger partial charge in [-0.2, -0.15) is 0 Å². The summed E-state index contributed by atoms with van der Waals surface area (Å²) < 4.78 is 49.5. The molecule has 1 heterocycles. The van der Waals surface area contributed by atoms with Crippen molar-refractivity contribution in [3.05, 3.63) is 28.7 Å². The van der Waals surface area contributed by atoms with Crippen LogP contribution in [0.4, 0.5) is 0 Å². The van der Waals surface area contributed by atoms with Crippen LogP contribution in [0.5, 0.6) is 0 Å². The van der Waals surface area contributed by atoms with Gasteiger partial charge in [0.2, 0.25) is 25.5 Å². The highest BCUT2D eigenvalue weighted by molar-refractivity contribution is 7.89. The number of sulfonamides is 2. The summed E-state index contributed by atoms with van der Waals surface area (Å²) in [5.74, 6) is 0. The molecule has 1 aromatic heterocycles. The number of aromatic nitrogens is 1. The zero-order chi connectivity index (χ0) is 14.5. The maximum Gasteiger partial charge on any atom is 0.245 e. The van der Waals surface area contributed by atoms with Gasteiger partial charge in [0, 0.05) is 31.5 Å². The number of pyridine rings is 1. The van der Waals surface area contributed by atoms with Gasteiger partial charge in [-0.25, -0.2) is 26.3 Å². The molecule has 1 aromatic rings. The highest BCUT2D eigenvalue weighted by Gasteiger charge is 2.16. The van der Waals surface area contributed by atoms with Crippen LogP contribution in [0.3, 0.4) is 0 Å². The molecule has 0 saturated heterocycles. The van der Waals surface area contributed by atoms with Gasteiger partial charge in [0.1, 0.15) is 4.90 Å². The van der Waals surface area contributed by atoms with Crippen LogP contribution in [0.2, 0.25) is 0 Å². The monoisotopic (exact) mass is 309 g/mol. The lowest BCUT2D eigenvalue weighted by Crippen LogP contribution is -2.31. The third-order valence-electron chi connectivity index (χ3n) is 2.09. The van der Waals surface area contributed by atoms with Crippen molar-refractivity contribution in [3.8, 4) is 0 Å². The molecule has 8 nitrogen and oxygen atoms in total. The summed E-state index contributed by atoms with van der Waals surface area (Å²) in [7, 11) is -7.16. The van der Waals surface area contributed by atoms with E-state index in [1.54, 1.807) is 0 Å². The minimum Gasteiger partial charge on any atom is -0.366 e. The molecule has 108 valence electrons. The van der Waals surface area contributed by atoms with Crippen LogP contribution in [-0.4, -0.2) is 41.2 Å². The maximum atomic E-state index is 11.7. The van der Waals surface area contributed by atoms with Crippen molar-refractivity contribution in [1.29, 1.82) is 0 Å². The van der Waals surface area contributed by atoms with Crippen molar-refractivity contribution in [2.75, 3.05) is 19.3 Å². The number of hydrogen-bond donors (Lipinski definition) is 3. The lowest BCUT2D eigenvalue weighted by atomic mass is 10.4. The van der Waals surface area contributed by atoms with Crippen LogP contribution in [0.25, 0.3) is 0 Å². The van der Waals surface area contributed by atoms with Gasteiger partial charge in [-0.15, -0.1) is 0 Å². The Kier molecular flexibility index (Phi) is 5.23. The Morgan fingerprint density at radius 3 is 2.37 bits per heavy atom. The van der Waals surface area contributed by atoms with E-state index >= 15 is 0 Å². The molecule has 19 heavy (non-hydrogen) atoms. The van der Waals surface area contributed by atoms with Gasteiger partial charge in [-0.1, -0.05) is 0 Å². The minimum atomic E-state index is -3.88. The zero-order valence-corrected chi connectivity index (χ0v) is 11.8. The molecule has 10 heteroatoms. The molecule has 1 rings (SSSR count). The molecule has 0 amide bonds. The number of aromatic amines is 1. The van der Waals surface area contributed by atoms with Crippen LogP contribution in [-0.2, 0) is 20.0 Å². The van der Waals surface area contributed by atoms with E-state index in [4.69, 9.17) is 0 Å². The fourth-order valence-electron chi connectivity index (χ4n) is 1.24. The van der Waals surface area contributed by atoms with Gasteiger partial charge in [-0.3, -0.25) is 4.79 Å². The van der Waals surface area contributed by atoms with Crippen LogP contribution >= 0.6 is 0 Å². The van der Waals surface area contributed by atoms with E-state index in [9.17, 15) is 21.6 Å². The summed E-state index contributed by atoms with van der Waals surface area (Å²) in [6.07, 6.45) is 3.72. The zero-order valence-electron chi connectivity index (χ0n) is 10.2. The van der Waals surface area contributed by atoms with Crippen molar-refractivity contribution in [2.45, 2.75) is 11.3 Å². The Balaban J connectivity index is 2.54. The molecule has 0 fully saturated rings. The third kappa shape index (κ3) is 5.51. The fraction of sp³-hybridized carbons (Fsp3) is 0.444. The normalized spacial score (nSPS) is 12.5. The number of nitrogens with one attached hydrogen (secondary N) is 3. The summed E-state index contributed by atoms with van der Waals surface area (Å²) in [4.78, 5) is 13.5. The van der Waals surface area contributed by atoms with Crippen LogP contribution in [0.1, 0.15) is 6.42 Å². The van der Waals surface area contributed by atoms with Crippen molar-refractivity contribution < 1.29 is 16.8 Å². The van der Waals surface area contributed by atoms with Crippen molar-refractivity contribution in [1.82, 2.24) is 14.4 Å². The van der Waals surface area contributed by atoms with Gasteiger partial charge < -0.3 is 4.98 Å². The molecule has 0 spiro atoms. The molecule has 0 saturated carbocycles. The van der Waals surface area contributed by atoms with E-state index < -0.39 is 25.5 Å². The molecule has 0 unspecified atom stereocenters. The number of hydrogen-bond acceptors (Lipinski definition) is 5. The largest absolute Gasteiger partial charge is 0.366 e. The third-order valence-corrected chi connectivity index (χ3v) is 4.30. The van der Waals surface area contributed by atoms with Gasteiger partial charge >= 0.3 is 0 Å². The first-order valence-corrected chi connectivity index (χ1v) is 8.71. The van der Waals surface area contributed by atoms with Crippen molar-refractivity contribution >= 4 is 20.0 Å². The van der Waals surface area contributed by atoms with Crippen LogP contribution in [0, 0.1) is 0 Å². The Morgan fingerprint density at radius 2 is 1.79 bits per heavy atom. The summed E-state index contributed by atoms with van der Waals surface area (Å²) in [5.41, 5.74) is -0.611. The molecule has 0 atom stereocenters. The molecule has 0 aliphatic heterocycles. The van der Waals surface area contributed by atoms with E-state index in [2.05, 4.69) is 14.4 Å². The number of H-pyrrole nitrogens is 1. The highest BCUT2D eigenvalue weighted by atomic mass is 32.2. The van der Waals surface area contributed by atoms with Gasteiger partial charge in [-0.05, 0) is 6.42 Å². The molecule has 0 aliphatic rings. The fourth-order valence-corrected chi connectivity index (χ4v) is 2.88. The first kappa shape index (κ1) is 15.8. The van der Waals surface area contributed by atoms with Crippen molar-refractivity contribution in [3.63, 3.8) is 0 Å². The average Bonchev–Trinajstić information content (AvgIpc) is 2.27. The smallest absolute Gasteiger partial charge is 0.245 e. The van der Waals surface area contributed by atoms with Gasteiger partial charge in [0.25, 0.3) is 0 Å². The highest BCUT2D eigenvalue weighted by Crippen LogP contribution is 1.99. The Hall–Kier alpha value is -1.23.